The van der Waals surface area contributed by atoms with Crippen LogP contribution in [0.15, 0.2) is 41.1 Å². The zero-order valence-corrected chi connectivity index (χ0v) is 25.2. The van der Waals surface area contributed by atoms with Crippen LogP contribution in [0.2, 0.25) is 5.15 Å². The largest absolute Gasteiger partial charge is 0.366 e. The van der Waals surface area contributed by atoms with E-state index in [-0.39, 0.29) is 12.1 Å². The molecule has 3 amide bonds. The Balaban J connectivity index is 1.22. The number of aromatic amines is 1. The van der Waals surface area contributed by atoms with Gasteiger partial charge in [0.05, 0.1) is 22.3 Å². The number of hydrogen-bond acceptors (Lipinski definition) is 6. The number of pyridine rings is 1. The third kappa shape index (κ3) is 6.55. The summed E-state index contributed by atoms with van der Waals surface area (Å²) in [5, 5.41) is 7.57. The number of H-pyrrole nitrogens is 1. The van der Waals surface area contributed by atoms with Gasteiger partial charge in [0, 0.05) is 31.7 Å². The molecule has 41 heavy (non-hydrogen) atoms. The molecule has 1 aliphatic heterocycles. The number of thiophene rings is 1. The molecule has 0 saturated carbocycles. The van der Waals surface area contributed by atoms with Crippen LogP contribution in [-0.4, -0.2) is 61.9 Å². The second kappa shape index (κ2) is 12.6. The fraction of sp³-hybridized carbons (Fsp3) is 0.400. The molecule has 5 rings (SSSR count). The number of urea groups is 1. The van der Waals surface area contributed by atoms with Gasteiger partial charge in [0.25, 0.3) is 5.91 Å². The molecule has 9 nitrogen and oxygen atoms in total. The number of imidazole rings is 1. The van der Waals surface area contributed by atoms with Crippen LogP contribution in [0.1, 0.15) is 58.9 Å². The van der Waals surface area contributed by atoms with E-state index in [1.165, 1.54) is 0 Å². The molecule has 0 radical (unpaired) electrons. The van der Waals surface area contributed by atoms with Crippen molar-refractivity contribution in [3.63, 3.8) is 0 Å². The molecule has 1 saturated heterocycles. The number of carbonyl (C=O) groups excluding carboxylic acids is 2. The van der Waals surface area contributed by atoms with Gasteiger partial charge in [-0.15, -0.1) is 0 Å². The summed E-state index contributed by atoms with van der Waals surface area (Å²) in [5.74, 6) is -0.0199. The number of piperidine rings is 1. The zero-order chi connectivity index (χ0) is 29.1. The number of halogens is 1. The molecule has 11 heteroatoms. The maximum atomic E-state index is 13.5. The number of amides is 3. The van der Waals surface area contributed by atoms with Crippen molar-refractivity contribution in [2.75, 3.05) is 18.4 Å². The van der Waals surface area contributed by atoms with Crippen LogP contribution >= 0.6 is 22.9 Å². The quantitative estimate of drug-likeness (QED) is 0.208. The normalized spacial score (nSPS) is 15.2. The van der Waals surface area contributed by atoms with Crippen molar-refractivity contribution in [3.05, 3.63) is 74.2 Å². The van der Waals surface area contributed by atoms with Gasteiger partial charge in [-0.05, 0) is 92.1 Å². The second-order valence-electron chi connectivity index (χ2n) is 10.8. The van der Waals surface area contributed by atoms with Crippen LogP contribution in [0.3, 0.4) is 0 Å². The molecule has 1 aromatic carbocycles. The number of rotatable bonds is 9. The average Bonchev–Trinajstić information content (AvgIpc) is 3.60. The van der Waals surface area contributed by atoms with Crippen LogP contribution in [0.4, 0.5) is 10.7 Å². The van der Waals surface area contributed by atoms with Crippen LogP contribution in [0, 0.1) is 13.8 Å². The van der Waals surface area contributed by atoms with Gasteiger partial charge in [0.1, 0.15) is 5.15 Å². The highest BCUT2D eigenvalue weighted by atomic mass is 35.5. The Hall–Kier alpha value is -3.47. The van der Waals surface area contributed by atoms with Crippen molar-refractivity contribution < 1.29 is 9.59 Å². The van der Waals surface area contributed by atoms with Gasteiger partial charge >= 0.3 is 6.03 Å². The smallest absolute Gasteiger partial charge is 0.324 e. The fourth-order valence-corrected chi connectivity index (χ4v) is 6.83. The molecule has 0 unspecified atom stereocenters. The van der Waals surface area contributed by atoms with Crippen molar-refractivity contribution >= 4 is 51.9 Å². The summed E-state index contributed by atoms with van der Waals surface area (Å²) < 4.78 is 0. The van der Waals surface area contributed by atoms with Crippen LogP contribution in [-0.2, 0) is 13.0 Å². The van der Waals surface area contributed by atoms with E-state index in [2.05, 4.69) is 43.5 Å². The number of aryl methyl sites for hydroxylation is 1. The van der Waals surface area contributed by atoms with Gasteiger partial charge in [-0.1, -0.05) is 23.7 Å². The number of hydrogen-bond donors (Lipinski definition) is 3. The minimum absolute atomic E-state index is 0.110. The topological polar surface area (TPSA) is 120 Å². The Kier molecular flexibility index (Phi) is 8.91. The first kappa shape index (κ1) is 29.0. The number of carbonyl (C=O) groups is 2. The summed E-state index contributed by atoms with van der Waals surface area (Å²) in [5.41, 5.74) is 11.2. The van der Waals surface area contributed by atoms with E-state index in [9.17, 15) is 9.59 Å². The highest BCUT2D eigenvalue weighted by molar-refractivity contribution is 7.07. The van der Waals surface area contributed by atoms with E-state index in [1.807, 2.05) is 41.5 Å². The number of aromatic nitrogens is 3. The Bertz CT molecular complexity index is 1500. The Morgan fingerprint density at radius 3 is 2.66 bits per heavy atom. The summed E-state index contributed by atoms with van der Waals surface area (Å²) in [6.45, 7) is 8.19. The summed E-state index contributed by atoms with van der Waals surface area (Å²) in [6, 6.07) is 10.1. The number of benzene rings is 1. The van der Waals surface area contributed by atoms with Crippen molar-refractivity contribution in [3.8, 4) is 0 Å². The molecule has 1 aliphatic rings. The lowest BCUT2D eigenvalue weighted by Gasteiger charge is -2.40. The highest BCUT2D eigenvalue weighted by Gasteiger charge is 2.30. The molecule has 1 atom stereocenters. The van der Waals surface area contributed by atoms with Gasteiger partial charge < -0.3 is 20.5 Å². The third-order valence-corrected chi connectivity index (χ3v) is 9.18. The number of likely N-dealkylation sites (tertiary alicyclic amines) is 1. The summed E-state index contributed by atoms with van der Waals surface area (Å²) in [6.07, 6.45) is 3.34. The first-order chi connectivity index (χ1) is 19.7. The van der Waals surface area contributed by atoms with Crippen LogP contribution < -0.4 is 11.1 Å². The van der Waals surface area contributed by atoms with E-state index < -0.39 is 5.91 Å². The fourth-order valence-electron chi connectivity index (χ4n) is 5.81. The van der Waals surface area contributed by atoms with E-state index in [0.717, 1.165) is 60.1 Å². The van der Waals surface area contributed by atoms with Crippen molar-refractivity contribution in [2.24, 2.45) is 5.73 Å². The van der Waals surface area contributed by atoms with E-state index in [1.54, 1.807) is 18.3 Å². The number of nitrogens with one attached hydrogen (secondary N) is 2. The summed E-state index contributed by atoms with van der Waals surface area (Å²) in [7, 11) is 0. The third-order valence-electron chi connectivity index (χ3n) is 8.13. The number of nitrogens with two attached hydrogens (primary N) is 1. The molecule has 4 aromatic rings. The van der Waals surface area contributed by atoms with Crippen LogP contribution in [0.25, 0.3) is 11.0 Å². The van der Waals surface area contributed by atoms with E-state index in [4.69, 9.17) is 17.3 Å². The number of para-hydroxylation sites is 2. The molecule has 216 valence electrons. The molecule has 1 fully saturated rings. The molecule has 3 aromatic heterocycles. The lowest BCUT2D eigenvalue weighted by Crippen LogP contribution is -2.50. The van der Waals surface area contributed by atoms with Gasteiger partial charge in [-0.25, -0.2) is 14.8 Å². The van der Waals surface area contributed by atoms with E-state index in [0.29, 0.717) is 41.4 Å². The predicted molar refractivity (Wildman–Crippen MR) is 165 cm³/mol. The molecule has 0 aliphatic carbocycles. The Morgan fingerprint density at radius 1 is 1.22 bits per heavy atom. The molecular formula is C30H36ClN7O2S. The molecular weight excluding hydrogens is 558 g/mol. The van der Waals surface area contributed by atoms with Gasteiger partial charge in [-0.3, -0.25) is 10.1 Å². The highest BCUT2D eigenvalue weighted by Crippen LogP contribution is 2.27. The molecule has 0 spiro atoms. The van der Waals surface area contributed by atoms with Crippen molar-refractivity contribution in [2.45, 2.75) is 65.1 Å². The number of fused-ring (bicyclic) bond motifs is 1. The standard InChI is InChI=1S/C30H36ClN7O2S/c1-18(8-9-23-19(2)26(28(32)39)20(3)33-27(23)31)37-13-10-22(11-14-37)38(16-21-12-15-41-17-21)30(40)36-29-34-24-6-4-5-7-25(24)35-29/h4-7,12,15,17-18,22H,8-11,13-14,16H2,1-3H3,(H2,32,39)(H2,34,35,36,40)/t18-/m1/s1. The average molecular weight is 594 g/mol. The maximum Gasteiger partial charge on any atom is 0.324 e. The van der Waals surface area contributed by atoms with Gasteiger partial charge in [0.2, 0.25) is 5.95 Å². The Morgan fingerprint density at radius 2 is 1.98 bits per heavy atom. The monoisotopic (exact) mass is 593 g/mol. The summed E-state index contributed by atoms with van der Waals surface area (Å²) in [4.78, 5) is 42.0. The van der Waals surface area contributed by atoms with Crippen molar-refractivity contribution in [1.82, 2.24) is 24.8 Å². The number of anilines is 1. The second-order valence-corrected chi connectivity index (χ2v) is 11.9. The maximum absolute atomic E-state index is 13.5. The summed E-state index contributed by atoms with van der Waals surface area (Å²) >= 11 is 8.11. The lowest BCUT2D eigenvalue weighted by molar-refractivity contribution is 0.0992. The molecule has 0 bridgehead atoms. The molecule has 4 N–H and O–H groups in total. The number of nitrogens with zero attached hydrogens (tertiary/aromatic N) is 4. The molecule has 4 heterocycles. The van der Waals surface area contributed by atoms with Crippen LogP contribution in [0.5, 0.6) is 0 Å². The minimum Gasteiger partial charge on any atom is -0.366 e. The first-order valence-corrected chi connectivity index (χ1v) is 15.3. The first-order valence-electron chi connectivity index (χ1n) is 13.9. The lowest BCUT2D eigenvalue weighted by atomic mass is 9.96. The SMILES string of the molecule is Cc1nc(Cl)c(CC[C@@H](C)N2CCC(N(Cc3ccsc3)C(=O)Nc3nc4ccccc4[nH]3)CC2)c(C)c1C(N)=O. The van der Waals surface area contributed by atoms with E-state index >= 15 is 0 Å². The minimum atomic E-state index is -0.475. The number of primary amides is 1. The Labute approximate surface area is 249 Å². The predicted octanol–water partition coefficient (Wildman–Crippen LogP) is 5.91. The van der Waals surface area contributed by atoms with Crippen molar-refractivity contribution in [1.29, 1.82) is 0 Å². The zero-order valence-electron chi connectivity index (χ0n) is 23.6. The van der Waals surface area contributed by atoms with Gasteiger partial charge in [0.15, 0.2) is 0 Å². The van der Waals surface area contributed by atoms with Gasteiger partial charge in [-0.2, -0.15) is 11.3 Å².